The van der Waals surface area contributed by atoms with Crippen molar-refractivity contribution >= 4 is 72.7 Å². The lowest BCUT2D eigenvalue weighted by atomic mass is 10.3. The van der Waals surface area contributed by atoms with Crippen LogP contribution in [0, 0.1) is 0 Å². The number of anilines is 3. The number of nitrogens with zero attached hydrogens (tertiary/aromatic N) is 3. The van der Waals surface area contributed by atoms with Gasteiger partial charge in [-0.25, -0.2) is 22.1 Å². The molecule has 0 aliphatic rings. The van der Waals surface area contributed by atoms with E-state index >= 15 is 0 Å². The van der Waals surface area contributed by atoms with Crippen molar-refractivity contribution in [1.82, 2.24) is 0 Å². The van der Waals surface area contributed by atoms with Gasteiger partial charge in [0.25, 0.3) is 0 Å². The van der Waals surface area contributed by atoms with Gasteiger partial charge in [-0.2, -0.15) is 15.5 Å². The molecule has 6 N–H and O–H groups in total. The monoisotopic (exact) mass is 650 g/mol. The van der Waals surface area contributed by atoms with Crippen LogP contribution in [0.25, 0.3) is 0 Å². The van der Waals surface area contributed by atoms with Gasteiger partial charge in [0.05, 0.1) is 17.1 Å². The smallest absolute Gasteiger partial charge is 0.222 e. The molecule has 0 radical (unpaired) electrons. The number of phosphoric acid groups is 1. The molecule has 0 unspecified atom stereocenters. The van der Waals surface area contributed by atoms with E-state index in [-0.39, 0.29) is 0 Å². The van der Waals surface area contributed by atoms with Gasteiger partial charge in [0.15, 0.2) is 0 Å². The van der Waals surface area contributed by atoms with Gasteiger partial charge in [-0.05, 0) is 84.2 Å². The third-order valence-electron chi connectivity index (χ3n) is 3.83. The summed E-state index contributed by atoms with van der Waals surface area (Å²) in [7, 11) is -4.60. The van der Waals surface area contributed by atoms with E-state index in [9.17, 15) is 4.57 Å². The Bertz CT molecular complexity index is 991. The third-order valence-corrected chi connectivity index (χ3v) is 6.97. The average molecular weight is 653 g/mol. The van der Waals surface area contributed by atoms with E-state index in [0.29, 0.717) is 30.5 Å². The third kappa shape index (κ3) is 6.29. The summed E-state index contributed by atoms with van der Waals surface area (Å²) < 4.78 is 31.5. The molecule has 0 amide bonds. The maximum absolute atomic E-state index is 13.6. The summed E-state index contributed by atoms with van der Waals surface area (Å²) in [6, 6.07) is 20.5. The molecular weight excluding hydrogens is 635 g/mol. The lowest BCUT2D eigenvalue weighted by Gasteiger charge is -2.29. The first kappa shape index (κ1) is 25.1. The fourth-order valence-electron chi connectivity index (χ4n) is 2.39. The fourth-order valence-corrected chi connectivity index (χ4v) is 4.77. The second-order valence-corrected chi connectivity index (χ2v) is 9.97. The fraction of sp³-hybridized carbons (Fsp3) is 0. The highest BCUT2D eigenvalue weighted by atomic mass is 79.9. The SMILES string of the molecule is NN(OP(=O)(ON(N)c1ccccc1Br)ON(N)c1ccccc1Br)c1ccccc1Br. The van der Waals surface area contributed by atoms with E-state index in [4.69, 9.17) is 31.4 Å². The standard InChI is InChI=1S/C18H18Br3N6O4P/c19-13-7-1-4-10-16(13)25(22)29-32(28,30-26(23)17-11-5-2-8-14(17)20)31-27(24)18-12-6-3-9-15(18)21/h1-12H,22-24H2. The van der Waals surface area contributed by atoms with Crippen LogP contribution in [0.1, 0.15) is 0 Å². The lowest BCUT2D eigenvalue weighted by molar-refractivity contribution is 0.0857. The molecule has 3 aromatic rings. The van der Waals surface area contributed by atoms with E-state index < -0.39 is 7.82 Å². The van der Waals surface area contributed by atoms with Crippen LogP contribution in [-0.2, 0) is 18.4 Å². The summed E-state index contributed by atoms with van der Waals surface area (Å²) in [5, 5.41) is 2.19. The summed E-state index contributed by atoms with van der Waals surface area (Å²) in [5.41, 5.74) is 1.02. The molecule has 0 aliphatic heterocycles. The molecule has 3 rings (SSSR count). The Morgan fingerprint density at radius 1 is 0.562 bits per heavy atom. The van der Waals surface area contributed by atoms with Crippen molar-refractivity contribution in [3.05, 3.63) is 86.2 Å². The molecule has 0 aliphatic carbocycles. The average Bonchev–Trinajstić information content (AvgIpc) is 2.74. The normalized spacial score (nSPS) is 11.3. The Morgan fingerprint density at radius 3 is 1.06 bits per heavy atom. The van der Waals surface area contributed by atoms with Crippen molar-refractivity contribution in [2.24, 2.45) is 17.5 Å². The van der Waals surface area contributed by atoms with Crippen molar-refractivity contribution in [2.75, 3.05) is 15.5 Å². The molecular formula is C18H18Br3N6O4P. The van der Waals surface area contributed by atoms with Gasteiger partial charge in [-0.1, -0.05) is 36.4 Å². The van der Waals surface area contributed by atoms with Crippen LogP contribution in [0.5, 0.6) is 0 Å². The Kier molecular flexibility index (Phi) is 8.69. The zero-order valence-electron chi connectivity index (χ0n) is 16.2. The van der Waals surface area contributed by atoms with Gasteiger partial charge in [0.2, 0.25) is 0 Å². The van der Waals surface area contributed by atoms with Gasteiger partial charge < -0.3 is 0 Å². The number of hydrogen-bond donors (Lipinski definition) is 3. The maximum Gasteiger partial charge on any atom is 0.543 e. The Hall–Kier alpha value is -1.51. The van der Waals surface area contributed by atoms with E-state index in [1.807, 2.05) is 0 Å². The minimum Gasteiger partial charge on any atom is -0.222 e. The highest BCUT2D eigenvalue weighted by Crippen LogP contribution is 2.53. The number of nitrogens with two attached hydrogens (primary N) is 3. The molecule has 0 bridgehead atoms. The van der Waals surface area contributed by atoms with Crippen LogP contribution >= 0.6 is 55.6 Å². The number of hydrogen-bond acceptors (Lipinski definition) is 10. The van der Waals surface area contributed by atoms with E-state index in [0.717, 1.165) is 15.5 Å². The molecule has 0 atom stereocenters. The van der Waals surface area contributed by atoms with Gasteiger partial charge in [-0.3, -0.25) is 0 Å². The minimum absolute atomic E-state index is 0.342. The number of halogens is 3. The molecule has 0 saturated carbocycles. The number of para-hydroxylation sites is 3. The van der Waals surface area contributed by atoms with Gasteiger partial charge in [-0.15, -0.1) is 13.9 Å². The first-order valence-corrected chi connectivity index (χ1v) is 12.6. The molecule has 14 heteroatoms. The zero-order valence-corrected chi connectivity index (χ0v) is 21.9. The van der Waals surface area contributed by atoms with Gasteiger partial charge >= 0.3 is 7.82 Å². The van der Waals surface area contributed by atoms with Crippen LogP contribution in [0.15, 0.2) is 86.2 Å². The molecule has 0 saturated heterocycles. The highest BCUT2D eigenvalue weighted by molar-refractivity contribution is 9.11. The summed E-state index contributed by atoms with van der Waals surface area (Å²) in [6.07, 6.45) is 0. The lowest BCUT2D eigenvalue weighted by Crippen LogP contribution is -2.38. The molecule has 32 heavy (non-hydrogen) atoms. The Labute approximate surface area is 209 Å². The van der Waals surface area contributed by atoms with E-state index in [2.05, 4.69) is 47.8 Å². The molecule has 0 spiro atoms. The number of rotatable bonds is 9. The predicted octanol–water partition coefficient (Wildman–Crippen LogP) is 5.32. The van der Waals surface area contributed by atoms with E-state index in [1.54, 1.807) is 72.8 Å². The summed E-state index contributed by atoms with van der Waals surface area (Å²) in [5.74, 6) is 17.9. The number of hydrazine groups is 3. The first-order valence-electron chi connectivity index (χ1n) is 8.77. The minimum atomic E-state index is -4.60. The van der Waals surface area contributed by atoms with Crippen molar-refractivity contribution in [2.45, 2.75) is 0 Å². The van der Waals surface area contributed by atoms with E-state index in [1.165, 1.54) is 0 Å². The molecule has 170 valence electrons. The summed E-state index contributed by atoms with van der Waals surface area (Å²) >= 11 is 10.0. The molecule has 0 heterocycles. The van der Waals surface area contributed by atoms with Crippen molar-refractivity contribution in [1.29, 1.82) is 0 Å². The summed E-state index contributed by atoms with van der Waals surface area (Å²) in [4.78, 5) is 0. The zero-order chi connectivity index (χ0) is 23.3. The topological polar surface area (TPSA) is 133 Å². The molecule has 0 aromatic heterocycles. The van der Waals surface area contributed by atoms with Crippen LogP contribution in [-0.4, -0.2) is 0 Å². The maximum atomic E-state index is 13.6. The van der Waals surface area contributed by atoms with Crippen LogP contribution < -0.4 is 33.0 Å². The molecule has 0 fully saturated rings. The quantitative estimate of drug-likeness (QED) is 0.159. The molecule has 10 nitrogen and oxygen atoms in total. The largest absolute Gasteiger partial charge is 0.543 e. The first-order chi connectivity index (χ1) is 15.2. The summed E-state index contributed by atoms with van der Waals surface area (Å²) in [6.45, 7) is 0. The predicted molar refractivity (Wildman–Crippen MR) is 133 cm³/mol. The van der Waals surface area contributed by atoms with Crippen molar-refractivity contribution < 1.29 is 18.4 Å². The number of benzene rings is 3. The van der Waals surface area contributed by atoms with Crippen molar-refractivity contribution in [3.63, 3.8) is 0 Å². The molecule has 3 aromatic carbocycles. The van der Waals surface area contributed by atoms with Crippen LogP contribution in [0.2, 0.25) is 0 Å². The van der Waals surface area contributed by atoms with Crippen LogP contribution in [0.4, 0.5) is 17.1 Å². The Morgan fingerprint density at radius 2 is 0.812 bits per heavy atom. The van der Waals surface area contributed by atoms with Crippen LogP contribution in [0.3, 0.4) is 0 Å². The van der Waals surface area contributed by atoms with Crippen molar-refractivity contribution in [3.8, 4) is 0 Å². The van der Waals surface area contributed by atoms with Gasteiger partial charge in [0.1, 0.15) is 0 Å². The second kappa shape index (κ2) is 11.1. The Balaban J connectivity index is 1.90. The second-order valence-electron chi connectivity index (χ2n) is 6.02. The highest BCUT2D eigenvalue weighted by Gasteiger charge is 2.38. The van der Waals surface area contributed by atoms with Gasteiger partial charge in [0, 0.05) is 13.4 Å².